The summed E-state index contributed by atoms with van der Waals surface area (Å²) in [6.07, 6.45) is 7.08. The molecule has 0 bridgehead atoms. The van der Waals surface area contributed by atoms with Crippen LogP contribution in [0.3, 0.4) is 0 Å². The van der Waals surface area contributed by atoms with Gasteiger partial charge in [-0.15, -0.1) is 0 Å². The molecule has 0 amide bonds. The fourth-order valence-electron chi connectivity index (χ4n) is 3.38. The molecule has 166 valence electrons. The normalized spacial score (nSPS) is 16.9. The molecule has 0 spiro atoms. The highest BCUT2D eigenvalue weighted by molar-refractivity contribution is 6.24. The zero-order chi connectivity index (χ0) is 23.2. The fourth-order valence-corrected chi connectivity index (χ4v) is 3.38. The zero-order valence-corrected chi connectivity index (χ0v) is 19.8. The molecule has 30 heavy (non-hydrogen) atoms. The first-order valence-corrected chi connectivity index (χ1v) is 10.7. The first-order chi connectivity index (χ1) is 13.9. The van der Waals surface area contributed by atoms with Crippen molar-refractivity contribution in [2.75, 3.05) is 0 Å². The number of carbonyl (C=O) groups is 2. The first-order valence-electron chi connectivity index (χ1n) is 10.7. The summed E-state index contributed by atoms with van der Waals surface area (Å²) in [5.74, 6) is -1.73. The van der Waals surface area contributed by atoms with Gasteiger partial charge in [-0.05, 0) is 67.2 Å². The molecule has 0 aromatic carbocycles. The van der Waals surface area contributed by atoms with Gasteiger partial charge in [0.05, 0.1) is 5.41 Å². The van der Waals surface area contributed by atoms with Gasteiger partial charge in [-0.25, -0.2) is 0 Å². The van der Waals surface area contributed by atoms with E-state index in [0.717, 1.165) is 16.7 Å². The third-order valence-electron chi connectivity index (χ3n) is 5.66. The molecule has 4 heteroatoms. The molecule has 1 atom stereocenters. The largest absolute Gasteiger partial charge is 0.511 e. The number of Topliss-reactive ketones (excluding diaryl/α,β-unsaturated/α-hetero) is 2. The minimum absolute atomic E-state index is 0.127. The lowest BCUT2D eigenvalue weighted by Gasteiger charge is -2.36. The molecule has 0 fully saturated rings. The van der Waals surface area contributed by atoms with Gasteiger partial charge in [0.2, 0.25) is 0 Å². The predicted octanol–water partition coefficient (Wildman–Crippen LogP) is 6.86. The maximum atomic E-state index is 13.7. The van der Waals surface area contributed by atoms with Crippen molar-refractivity contribution in [2.45, 2.75) is 81.1 Å². The Bertz CT molecular complexity index is 814. The molecule has 0 aromatic heterocycles. The second-order valence-corrected chi connectivity index (χ2v) is 9.09. The van der Waals surface area contributed by atoms with E-state index in [1.54, 1.807) is 6.92 Å². The Balaban J connectivity index is 3.87. The van der Waals surface area contributed by atoms with E-state index >= 15 is 0 Å². The lowest BCUT2D eigenvalue weighted by atomic mass is 9.66. The molecule has 0 saturated carbocycles. The van der Waals surface area contributed by atoms with Crippen LogP contribution in [0.1, 0.15) is 81.1 Å². The molecule has 1 aliphatic carbocycles. The molecule has 0 radical (unpaired) electrons. The highest BCUT2D eigenvalue weighted by atomic mass is 16.3. The Morgan fingerprint density at radius 1 is 0.933 bits per heavy atom. The predicted molar refractivity (Wildman–Crippen MR) is 123 cm³/mol. The van der Waals surface area contributed by atoms with Crippen LogP contribution >= 0.6 is 0 Å². The molecule has 2 N–H and O–H groups in total. The van der Waals surface area contributed by atoms with Gasteiger partial charge in [-0.3, -0.25) is 9.59 Å². The summed E-state index contributed by atoms with van der Waals surface area (Å²) < 4.78 is 0. The Kier molecular flexibility index (Phi) is 9.08. The van der Waals surface area contributed by atoms with Gasteiger partial charge in [-0.1, -0.05) is 48.8 Å². The third-order valence-corrected chi connectivity index (χ3v) is 5.66. The summed E-state index contributed by atoms with van der Waals surface area (Å²) in [6, 6.07) is 0. The van der Waals surface area contributed by atoms with E-state index < -0.39 is 11.2 Å². The van der Waals surface area contributed by atoms with Crippen molar-refractivity contribution >= 4 is 11.6 Å². The van der Waals surface area contributed by atoms with E-state index in [1.807, 2.05) is 66.7 Å². The SMILES string of the molecule is CCC(C)C(=O)C1=C(O)C(CC=C(C)C)=C(O)C(CC=C(C)C)(CC=C(C)C)C1=O. The summed E-state index contributed by atoms with van der Waals surface area (Å²) >= 11 is 0. The number of rotatable bonds is 9. The Hall–Kier alpha value is -2.36. The second-order valence-electron chi connectivity index (χ2n) is 9.09. The third kappa shape index (κ3) is 5.62. The first kappa shape index (κ1) is 25.7. The van der Waals surface area contributed by atoms with Gasteiger partial charge in [-0.2, -0.15) is 0 Å². The minimum Gasteiger partial charge on any atom is -0.511 e. The van der Waals surface area contributed by atoms with Crippen LogP contribution in [0.15, 0.2) is 57.6 Å². The molecule has 1 unspecified atom stereocenters. The van der Waals surface area contributed by atoms with Crippen LogP contribution in [-0.2, 0) is 9.59 Å². The molecule has 1 aliphatic rings. The molecule has 0 aliphatic heterocycles. The van der Waals surface area contributed by atoms with Crippen LogP contribution in [0.5, 0.6) is 0 Å². The number of carbonyl (C=O) groups excluding carboxylic acids is 2. The number of aliphatic hydroxyl groups excluding tert-OH is 2. The molecule has 0 heterocycles. The summed E-state index contributed by atoms with van der Waals surface area (Å²) in [5.41, 5.74) is 1.88. The quantitative estimate of drug-likeness (QED) is 0.319. The maximum absolute atomic E-state index is 13.7. The summed E-state index contributed by atoms with van der Waals surface area (Å²) in [7, 11) is 0. The molecule has 0 aromatic rings. The van der Waals surface area contributed by atoms with Gasteiger partial charge in [0.1, 0.15) is 17.1 Å². The average molecular weight is 415 g/mol. The van der Waals surface area contributed by atoms with Gasteiger partial charge in [0, 0.05) is 11.5 Å². The van der Waals surface area contributed by atoms with E-state index in [9.17, 15) is 19.8 Å². The number of hydrogen-bond donors (Lipinski definition) is 2. The number of allylic oxidation sites excluding steroid dienone is 9. The summed E-state index contributed by atoms with van der Waals surface area (Å²) in [6.45, 7) is 15.2. The average Bonchev–Trinajstić information content (AvgIpc) is 2.66. The molecule has 4 nitrogen and oxygen atoms in total. The number of hydrogen-bond acceptors (Lipinski definition) is 4. The van der Waals surface area contributed by atoms with Crippen LogP contribution < -0.4 is 0 Å². The van der Waals surface area contributed by atoms with Crippen LogP contribution in [0, 0.1) is 11.3 Å². The lowest BCUT2D eigenvalue weighted by molar-refractivity contribution is -0.129. The summed E-state index contributed by atoms with van der Waals surface area (Å²) in [4.78, 5) is 26.8. The Morgan fingerprint density at radius 2 is 1.40 bits per heavy atom. The van der Waals surface area contributed by atoms with E-state index in [1.165, 1.54) is 0 Å². The minimum atomic E-state index is -1.29. The van der Waals surface area contributed by atoms with Crippen molar-refractivity contribution in [3.8, 4) is 0 Å². The van der Waals surface area contributed by atoms with Crippen molar-refractivity contribution in [3.63, 3.8) is 0 Å². The van der Waals surface area contributed by atoms with Crippen LogP contribution in [0.25, 0.3) is 0 Å². The second kappa shape index (κ2) is 10.6. The van der Waals surface area contributed by atoms with Crippen molar-refractivity contribution in [3.05, 3.63) is 57.6 Å². The van der Waals surface area contributed by atoms with Gasteiger partial charge < -0.3 is 10.2 Å². The molecular formula is C26H38O4. The van der Waals surface area contributed by atoms with E-state index in [0.29, 0.717) is 6.42 Å². The molecular weight excluding hydrogens is 376 g/mol. The molecule has 1 rings (SSSR count). The molecule has 0 saturated heterocycles. The zero-order valence-electron chi connectivity index (χ0n) is 19.8. The van der Waals surface area contributed by atoms with Crippen molar-refractivity contribution < 1.29 is 19.8 Å². The lowest BCUT2D eigenvalue weighted by Crippen LogP contribution is -2.41. The van der Waals surface area contributed by atoms with E-state index in [2.05, 4.69) is 0 Å². The topological polar surface area (TPSA) is 74.6 Å². The van der Waals surface area contributed by atoms with E-state index in [-0.39, 0.29) is 53.6 Å². The van der Waals surface area contributed by atoms with Gasteiger partial charge in [0.15, 0.2) is 11.6 Å². The van der Waals surface area contributed by atoms with Crippen LogP contribution in [0.4, 0.5) is 0 Å². The van der Waals surface area contributed by atoms with E-state index in [4.69, 9.17) is 0 Å². The van der Waals surface area contributed by atoms with Crippen molar-refractivity contribution in [2.24, 2.45) is 11.3 Å². The highest BCUT2D eigenvalue weighted by Crippen LogP contribution is 2.47. The van der Waals surface area contributed by atoms with Gasteiger partial charge in [0.25, 0.3) is 0 Å². The maximum Gasteiger partial charge on any atom is 0.184 e. The van der Waals surface area contributed by atoms with Crippen molar-refractivity contribution in [1.29, 1.82) is 0 Å². The van der Waals surface area contributed by atoms with Crippen molar-refractivity contribution in [1.82, 2.24) is 0 Å². The van der Waals surface area contributed by atoms with Crippen LogP contribution in [0.2, 0.25) is 0 Å². The summed E-state index contributed by atoms with van der Waals surface area (Å²) in [5, 5.41) is 22.3. The monoisotopic (exact) mass is 414 g/mol. The fraction of sp³-hybridized carbons (Fsp3) is 0.538. The van der Waals surface area contributed by atoms with Gasteiger partial charge >= 0.3 is 0 Å². The Labute approximate surface area is 181 Å². The highest BCUT2D eigenvalue weighted by Gasteiger charge is 2.50. The number of ketones is 2. The Morgan fingerprint density at radius 3 is 1.80 bits per heavy atom. The standard InChI is InChI=1S/C26H38O4/c1-9-19(8)22(27)21-23(28)20(11-10-16(2)3)24(29)26(25(21)30,14-12-17(4)5)15-13-18(6)7/h10,12-13,19,28-29H,9,11,14-15H2,1-8H3. The van der Waals surface area contributed by atoms with Crippen LogP contribution in [-0.4, -0.2) is 21.8 Å². The smallest absolute Gasteiger partial charge is 0.184 e. The number of aliphatic hydroxyl groups is 2.